The molecule has 4 aromatic rings. The molecule has 0 unspecified atom stereocenters. The highest BCUT2D eigenvalue weighted by molar-refractivity contribution is 8.03. The smallest absolute Gasteiger partial charge is 0.342 e. The van der Waals surface area contributed by atoms with E-state index in [4.69, 9.17) is 26.0 Å². The molecule has 0 amide bonds. The van der Waals surface area contributed by atoms with Crippen LogP contribution in [0.15, 0.2) is 81.3 Å². The fourth-order valence-corrected chi connectivity index (χ4v) is 3.78. The van der Waals surface area contributed by atoms with Gasteiger partial charge in [-0.25, -0.2) is 9.78 Å². The highest BCUT2D eigenvalue weighted by atomic mass is 35.5. The molecule has 0 aliphatic heterocycles. The molecule has 1 heterocycles. The van der Waals surface area contributed by atoms with Crippen LogP contribution >= 0.6 is 23.4 Å². The van der Waals surface area contributed by atoms with Crippen LogP contribution in [0.25, 0.3) is 17.2 Å². The van der Waals surface area contributed by atoms with Gasteiger partial charge in [0.1, 0.15) is 22.8 Å². The molecule has 0 spiro atoms. The highest BCUT2D eigenvalue weighted by Crippen LogP contribution is 2.33. The molecular weight excluding hydrogens is 448 g/mol. The van der Waals surface area contributed by atoms with Crippen LogP contribution in [0.4, 0.5) is 0 Å². The summed E-state index contributed by atoms with van der Waals surface area (Å²) in [7, 11) is 0. The average molecular weight is 463 g/mol. The van der Waals surface area contributed by atoms with Gasteiger partial charge in [-0.15, -0.1) is 0 Å². The van der Waals surface area contributed by atoms with Gasteiger partial charge in [0.2, 0.25) is 0 Å². The van der Waals surface area contributed by atoms with Crippen molar-refractivity contribution in [3.8, 4) is 11.8 Å². The van der Waals surface area contributed by atoms with Crippen molar-refractivity contribution in [3.63, 3.8) is 0 Å². The Kier molecular flexibility index (Phi) is 6.45. The molecule has 1 N–H and O–H groups in total. The predicted octanol–water partition coefficient (Wildman–Crippen LogP) is 6.15. The van der Waals surface area contributed by atoms with Crippen LogP contribution < -0.4 is 4.74 Å². The molecule has 6 nitrogen and oxygen atoms in total. The van der Waals surface area contributed by atoms with Gasteiger partial charge in [0.25, 0.3) is 5.22 Å². The molecule has 1 aromatic heterocycles. The molecule has 0 radical (unpaired) electrons. The Labute approximate surface area is 192 Å². The number of ether oxygens (including phenoxy) is 1. The third-order valence-corrected chi connectivity index (χ3v) is 5.51. The first kappa shape index (κ1) is 21.5. The minimum atomic E-state index is -1.13. The number of para-hydroxylation sites is 2. The summed E-state index contributed by atoms with van der Waals surface area (Å²) in [6, 6.07) is 21.3. The molecule has 0 saturated carbocycles. The zero-order valence-corrected chi connectivity index (χ0v) is 18.1. The van der Waals surface area contributed by atoms with Crippen molar-refractivity contribution < 1.29 is 19.1 Å². The maximum absolute atomic E-state index is 11.9. The number of rotatable bonds is 7. The lowest BCUT2D eigenvalue weighted by Crippen LogP contribution is -2.00. The van der Waals surface area contributed by atoms with E-state index in [9.17, 15) is 9.90 Å². The standard InChI is InChI=1S/C24H15ClN2O4S/c25-18-9-10-20(30-14-16-7-5-15(13-26)6-8-16)17(11-18)12-22(23(28)29)32-24-27-19-3-1-2-4-21(19)31-24/h1-12H,14H2,(H,28,29)/b22-12-. The number of carbonyl (C=O) groups is 1. The maximum Gasteiger partial charge on any atom is 0.342 e. The Morgan fingerprint density at radius 3 is 2.69 bits per heavy atom. The van der Waals surface area contributed by atoms with Crippen molar-refractivity contribution in [2.24, 2.45) is 0 Å². The largest absolute Gasteiger partial charge is 0.488 e. The van der Waals surface area contributed by atoms with Gasteiger partial charge < -0.3 is 14.3 Å². The van der Waals surface area contributed by atoms with Crippen molar-refractivity contribution in [2.45, 2.75) is 11.8 Å². The van der Waals surface area contributed by atoms with Gasteiger partial charge in [0.05, 0.1) is 11.6 Å². The van der Waals surface area contributed by atoms with Crippen LogP contribution in [-0.4, -0.2) is 16.1 Å². The van der Waals surface area contributed by atoms with Crippen molar-refractivity contribution in [3.05, 3.63) is 93.3 Å². The number of nitriles is 1. The van der Waals surface area contributed by atoms with Crippen LogP contribution in [0.2, 0.25) is 5.02 Å². The van der Waals surface area contributed by atoms with Gasteiger partial charge in [0.15, 0.2) is 5.58 Å². The lowest BCUT2D eigenvalue weighted by atomic mass is 10.1. The Morgan fingerprint density at radius 2 is 1.97 bits per heavy atom. The first-order valence-corrected chi connectivity index (χ1v) is 10.6. The average Bonchev–Trinajstić information content (AvgIpc) is 3.21. The van der Waals surface area contributed by atoms with Gasteiger partial charge in [-0.2, -0.15) is 5.26 Å². The van der Waals surface area contributed by atoms with Crippen molar-refractivity contribution in [1.29, 1.82) is 5.26 Å². The number of hydrogen-bond donors (Lipinski definition) is 1. The van der Waals surface area contributed by atoms with Crippen LogP contribution in [0.3, 0.4) is 0 Å². The summed E-state index contributed by atoms with van der Waals surface area (Å²) in [5.74, 6) is -0.661. The fourth-order valence-electron chi connectivity index (χ4n) is 2.87. The number of hydrogen-bond acceptors (Lipinski definition) is 6. The van der Waals surface area contributed by atoms with Crippen molar-refractivity contribution in [2.75, 3.05) is 0 Å². The number of oxazole rings is 1. The molecule has 0 atom stereocenters. The minimum Gasteiger partial charge on any atom is -0.488 e. The number of fused-ring (bicyclic) bond motifs is 1. The zero-order chi connectivity index (χ0) is 22.5. The van der Waals surface area contributed by atoms with E-state index < -0.39 is 5.97 Å². The molecule has 0 saturated heterocycles. The number of halogens is 1. The second kappa shape index (κ2) is 9.60. The first-order valence-electron chi connectivity index (χ1n) is 9.41. The molecule has 158 valence electrons. The molecule has 0 bridgehead atoms. The minimum absolute atomic E-state index is 0.00189. The number of nitrogens with zero attached hydrogens (tertiary/aromatic N) is 2. The molecule has 0 fully saturated rings. The molecule has 8 heteroatoms. The van der Waals surface area contributed by atoms with E-state index in [1.165, 1.54) is 6.08 Å². The van der Waals surface area contributed by atoms with Gasteiger partial charge in [-0.05, 0) is 65.9 Å². The summed E-state index contributed by atoms with van der Waals surface area (Å²) < 4.78 is 11.5. The van der Waals surface area contributed by atoms with E-state index in [2.05, 4.69) is 11.1 Å². The summed E-state index contributed by atoms with van der Waals surface area (Å²) in [5.41, 5.74) is 3.16. The number of thioether (sulfide) groups is 1. The summed E-state index contributed by atoms with van der Waals surface area (Å²) in [5, 5.41) is 19.3. The van der Waals surface area contributed by atoms with E-state index >= 15 is 0 Å². The normalized spacial score (nSPS) is 11.3. The number of benzene rings is 3. The number of aliphatic carboxylic acids is 1. The Balaban J connectivity index is 1.60. The summed E-state index contributed by atoms with van der Waals surface area (Å²) in [4.78, 5) is 16.2. The monoisotopic (exact) mass is 462 g/mol. The second-order valence-corrected chi connectivity index (χ2v) is 8.07. The van der Waals surface area contributed by atoms with E-state index in [-0.39, 0.29) is 16.7 Å². The van der Waals surface area contributed by atoms with Gasteiger partial charge in [-0.1, -0.05) is 35.9 Å². The SMILES string of the molecule is N#Cc1ccc(COc2ccc(Cl)cc2/C=C(\Sc2nc3ccccc3o2)C(=O)O)cc1. The molecule has 4 rings (SSSR count). The maximum atomic E-state index is 11.9. The number of carboxylic acid groups (broad SMARTS) is 1. The van der Waals surface area contributed by atoms with Gasteiger partial charge in [-0.3, -0.25) is 0 Å². The van der Waals surface area contributed by atoms with Crippen molar-refractivity contribution in [1.82, 2.24) is 4.98 Å². The quantitative estimate of drug-likeness (QED) is 0.260. The second-order valence-electron chi connectivity index (χ2n) is 6.64. The molecule has 0 aliphatic carbocycles. The first-order chi connectivity index (χ1) is 15.5. The number of carboxylic acids is 1. The zero-order valence-electron chi connectivity index (χ0n) is 16.5. The van der Waals surface area contributed by atoms with E-state index in [0.29, 0.717) is 33.0 Å². The van der Waals surface area contributed by atoms with Crippen LogP contribution in [-0.2, 0) is 11.4 Å². The predicted molar refractivity (Wildman–Crippen MR) is 122 cm³/mol. The summed E-state index contributed by atoms with van der Waals surface area (Å²) in [6.45, 7) is 0.245. The van der Waals surface area contributed by atoms with Gasteiger partial charge >= 0.3 is 5.97 Å². The molecule has 32 heavy (non-hydrogen) atoms. The summed E-state index contributed by atoms with van der Waals surface area (Å²) >= 11 is 7.05. The van der Waals surface area contributed by atoms with Crippen LogP contribution in [0.1, 0.15) is 16.7 Å². The lowest BCUT2D eigenvalue weighted by Gasteiger charge is -2.11. The third-order valence-electron chi connectivity index (χ3n) is 4.42. The van der Waals surface area contributed by atoms with Crippen LogP contribution in [0, 0.1) is 11.3 Å². The molecule has 0 aliphatic rings. The topological polar surface area (TPSA) is 96.4 Å². The van der Waals surface area contributed by atoms with E-state index in [1.807, 2.05) is 12.1 Å². The Hall–Kier alpha value is -3.73. The summed E-state index contributed by atoms with van der Waals surface area (Å²) in [6.07, 6.45) is 1.47. The van der Waals surface area contributed by atoms with E-state index in [1.54, 1.807) is 54.6 Å². The molecule has 3 aromatic carbocycles. The Morgan fingerprint density at radius 1 is 1.19 bits per heavy atom. The highest BCUT2D eigenvalue weighted by Gasteiger charge is 2.16. The Bertz CT molecular complexity index is 1320. The van der Waals surface area contributed by atoms with E-state index in [0.717, 1.165) is 17.3 Å². The fraction of sp³-hybridized carbons (Fsp3) is 0.0417. The van der Waals surface area contributed by atoms with Gasteiger partial charge in [0, 0.05) is 10.6 Å². The molecular formula is C24H15ClN2O4S. The third kappa shape index (κ3) is 5.11. The lowest BCUT2D eigenvalue weighted by molar-refractivity contribution is -0.131. The number of aromatic nitrogens is 1. The van der Waals surface area contributed by atoms with Crippen molar-refractivity contribution >= 4 is 46.5 Å². The van der Waals surface area contributed by atoms with Crippen LogP contribution in [0.5, 0.6) is 5.75 Å².